The summed E-state index contributed by atoms with van der Waals surface area (Å²) >= 11 is 1.64. The predicted octanol–water partition coefficient (Wildman–Crippen LogP) is 3.84. The van der Waals surface area contributed by atoms with Crippen molar-refractivity contribution >= 4 is 28.6 Å². The minimum atomic E-state index is -0.920. The summed E-state index contributed by atoms with van der Waals surface area (Å²) in [6.45, 7) is 9.70. The molecule has 3 rings (SSSR count). The summed E-state index contributed by atoms with van der Waals surface area (Å²) in [6, 6.07) is 8.55. The first-order chi connectivity index (χ1) is 14.6. The highest BCUT2D eigenvalue weighted by Crippen LogP contribution is 2.38. The molecule has 1 aromatic carbocycles. The van der Waals surface area contributed by atoms with Crippen molar-refractivity contribution in [3.05, 3.63) is 41.3 Å². The number of fused-ring (bicyclic) bond motifs is 1. The van der Waals surface area contributed by atoms with Gasteiger partial charge in [0.1, 0.15) is 17.9 Å². The van der Waals surface area contributed by atoms with E-state index in [1.807, 2.05) is 18.4 Å². The van der Waals surface area contributed by atoms with Crippen LogP contribution >= 0.6 is 11.8 Å². The Morgan fingerprint density at radius 1 is 1.19 bits per heavy atom. The van der Waals surface area contributed by atoms with E-state index in [2.05, 4.69) is 48.2 Å². The third-order valence-electron chi connectivity index (χ3n) is 4.74. The van der Waals surface area contributed by atoms with Crippen LogP contribution in [0.2, 0.25) is 0 Å². The second kappa shape index (κ2) is 9.56. The zero-order chi connectivity index (χ0) is 22.8. The van der Waals surface area contributed by atoms with E-state index in [0.29, 0.717) is 31.1 Å². The van der Waals surface area contributed by atoms with Crippen LogP contribution in [-0.4, -0.2) is 50.8 Å². The van der Waals surface area contributed by atoms with Gasteiger partial charge in [0.25, 0.3) is 0 Å². The van der Waals surface area contributed by atoms with Gasteiger partial charge in [0, 0.05) is 18.0 Å². The van der Waals surface area contributed by atoms with E-state index >= 15 is 0 Å². The molecule has 8 heteroatoms. The topological polar surface area (TPSA) is 89.4 Å². The van der Waals surface area contributed by atoms with Gasteiger partial charge in [-0.1, -0.05) is 23.9 Å². The number of rotatable bonds is 9. The van der Waals surface area contributed by atoms with Crippen LogP contribution in [0.1, 0.15) is 37.9 Å². The van der Waals surface area contributed by atoms with Gasteiger partial charge in [-0.25, -0.2) is 9.97 Å². The number of aromatic nitrogens is 3. The molecule has 0 atom stereocenters. The molecule has 2 aromatic heterocycles. The van der Waals surface area contributed by atoms with Gasteiger partial charge < -0.3 is 25.0 Å². The second-order valence-electron chi connectivity index (χ2n) is 8.66. The smallest absolute Gasteiger partial charge is 0.151 e. The maximum absolute atomic E-state index is 10.6. The predicted molar refractivity (Wildman–Crippen MR) is 126 cm³/mol. The molecule has 31 heavy (non-hydrogen) atoms. The molecule has 2 heterocycles. The fraction of sp³-hybridized carbons (Fsp3) is 0.478. The van der Waals surface area contributed by atoms with Crippen LogP contribution in [0.25, 0.3) is 11.0 Å². The van der Waals surface area contributed by atoms with E-state index in [4.69, 9.17) is 15.5 Å². The van der Waals surface area contributed by atoms with Gasteiger partial charge in [-0.05, 0) is 59.5 Å². The number of imidazole rings is 1. The number of nitrogen functional groups attached to an aromatic ring is 1. The maximum atomic E-state index is 10.6. The van der Waals surface area contributed by atoms with E-state index < -0.39 is 5.60 Å². The number of hydrogen-bond donors (Lipinski definition) is 2. The fourth-order valence-corrected chi connectivity index (χ4v) is 4.50. The number of ether oxygens (including phenoxy) is 1. The second-order valence-corrected chi connectivity index (χ2v) is 9.74. The van der Waals surface area contributed by atoms with E-state index in [1.54, 1.807) is 25.6 Å². The zero-order valence-electron chi connectivity index (χ0n) is 19.3. The number of hydrogen-bond acceptors (Lipinski definition) is 7. The lowest BCUT2D eigenvalue weighted by Crippen LogP contribution is -2.27. The van der Waals surface area contributed by atoms with E-state index in [1.165, 1.54) is 5.56 Å². The van der Waals surface area contributed by atoms with Gasteiger partial charge in [-0.2, -0.15) is 0 Å². The Labute approximate surface area is 188 Å². The molecular formula is C23H33N5O2S. The summed E-state index contributed by atoms with van der Waals surface area (Å²) in [6.07, 6.45) is 0. The van der Waals surface area contributed by atoms with Crippen molar-refractivity contribution in [1.82, 2.24) is 19.4 Å². The molecule has 0 radical (unpaired) electrons. The van der Waals surface area contributed by atoms with Crippen molar-refractivity contribution in [1.29, 1.82) is 0 Å². The van der Waals surface area contributed by atoms with E-state index in [-0.39, 0.29) is 0 Å². The number of benzene rings is 1. The number of pyridine rings is 1. The third-order valence-corrected chi connectivity index (χ3v) is 5.94. The lowest BCUT2D eigenvalue weighted by atomic mass is 10.1. The normalized spacial score (nSPS) is 12.3. The summed E-state index contributed by atoms with van der Waals surface area (Å²) in [7, 11) is 4.12. The molecule has 168 valence electrons. The summed E-state index contributed by atoms with van der Waals surface area (Å²) in [4.78, 5) is 13.6. The monoisotopic (exact) mass is 443 g/mol. The quantitative estimate of drug-likeness (QED) is 0.519. The summed E-state index contributed by atoms with van der Waals surface area (Å²) < 4.78 is 7.67. The van der Waals surface area contributed by atoms with Gasteiger partial charge in [-0.15, -0.1) is 0 Å². The Balaban J connectivity index is 2.10. The van der Waals surface area contributed by atoms with Crippen LogP contribution < -0.4 is 5.73 Å². The molecule has 7 nitrogen and oxygen atoms in total. The molecule has 0 saturated carbocycles. The number of anilines is 1. The molecule has 3 aromatic rings. The molecule has 3 N–H and O–H groups in total. The molecule has 0 amide bonds. The first kappa shape index (κ1) is 23.5. The summed E-state index contributed by atoms with van der Waals surface area (Å²) in [5.74, 6) is 1.13. The molecule has 0 bridgehead atoms. The highest BCUT2D eigenvalue weighted by atomic mass is 32.2. The van der Waals surface area contributed by atoms with Gasteiger partial charge >= 0.3 is 0 Å². The number of aryl methyl sites for hydroxylation is 1. The van der Waals surface area contributed by atoms with Crippen LogP contribution in [0.4, 0.5) is 5.82 Å². The van der Waals surface area contributed by atoms with Crippen LogP contribution in [-0.2, 0) is 24.4 Å². The number of nitrogens with two attached hydrogens (primary N) is 1. The van der Waals surface area contributed by atoms with Crippen LogP contribution in [0.5, 0.6) is 0 Å². The highest BCUT2D eigenvalue weighted by Gasteiger charge is 2.24. The Morgan fingerprint density at radius 2 is 1.87 bits per heavy atom. The SMILES string of the molecule is CCOCc1nc2c(N)nc(C)c(Sc3ccc(CN(C)C)cc3)c2n1CC(C)(C)O. The Morgan fingerprint density at radius 3 is 2.45 bits per heavy atom. The van der Waals surface area contributed by atoms with E-state index in [0.717, 1.165) is 33.4 Å². The van der Waals surface area contributed by atoms with Crippen LogP contribution in [0, 0.1) is 6.92 Å². The van der Waals surface area contributed by atoms with Crippen molar-refractivity contribution in [3.63, 3.8) is 0 Å². The van der Waals surface area contributed by atoms with E-state index in [9.17, 15) is 5.11 Å². The molecular weight excluding hydrogens is 410 g/mol. The molecule has 0 spiro atoms. The Kier molecular flexibility index (Phi) is 7.26. The summed E-state index contributed by atoms with van der Waals surface area (Å²) in [5, 5.41) is 10.6. The third kappa shape index (κ3) is 5.77. The van der Waals surface area contributed by atoms with Gasteiger partial charge in [0.2, 0.25) is 0 Å². The van der Waals surface area contributed by atoms with Gasteiger partial charge in [0.15, 0.2) is 5.82 Å². The maximum Gasteiger partial charge on any atom is 0.151 e. The number of aliphatic hydroxyl groups is 1. The Hall–Kier alpha value is -2.13. The van der Waals surface area contributed by atoms with Crippen LogP contribution in [0.3, 0.4) is 0 Å². The van der Waals surface area contributed by atoms with Crippen molar-refractivity contribution < 1.29 is 9.84 Å². The molecule has 0 aliphatic rings. The molecule has 0 saturated heterocycles. The molecule has 0 unspecified atom stereocenters. The lowest BCUT2D eigenvalue weighted by Gasteiger charge is -2.21. The summed E-state index contributed by atoms with van der Waals surface area (Å²) in [5.41, 5.74) is 8.98. The first-order valence-corrected chi connectivity index (χ1v) is 11.3. The standard InChI is InChI=1S/C23H33N5O2S/c1-7-30-13-18-26-19-20(28(18)14-23(3,4)29)21(15(2)25-22(19)24)31-17-10-8-16(9-11-17)12-27(5)6/h8-11,29H,7,12-14H2,1-6H3,(H2,24,25). The first-order valence-electron chi connectivity index (χ1n) is 10.5. The number of nitrogens with zero attached hydrogens (tertiary/aromatic N) is 4. The largest absolute Gasteiger partial charge is 0.389 e. The highest BCUT2D eigenvalue weighted by molar-refractivity contribution is 7.99. The minimum Gasteiger partial charge on any atom is -0.389 e. The average Bonchev–Trinajstić information content (AvgIpc) is 3.01. The molecule has 0 aliphatic carbocycles. The average molecular weight is 444 g/mol. The van der Waals surface area contributed by atoms with Crippen LogP contribution in [0.15, 0.2) is 34.1 Å². The molecule has 0 aliphatic heterocycles. The minimum absolute atomic E-state index is 0.350. The fourth-order valence-electron chi connectivity index (χ4n) is 3.49. The van der Waals surface area contributed by atoms with Gasteiger partial charge in [0.05, 0.1) is 28.3 Å². The van der Waals surface area contributed by atoms with Crippen molar-refractivity contribution in [3.8, 4) is 0 Å². The molecule has 0 fully saturated rings. The Bertz CT molecular complexity index is 1040. The van der Waals surface area contributed by atoms with Gasteiger partial charge in [-0.3, -0.25) is 0 Å². The lowest BCUT2D eigenvalue weighted by molar-refractivity contribution is 0.0581. The van der Waals surface area contributed by atoms with Crippen molar-refractivity contribution in [2.45, 2.75) is 62.8 Å². The van der Waals surface area contributed by atoms with Crippen molar-refractivity contribution in [2.75, 3.05) is 26.4 Å². The zero-order valence-corrected chi connectivity index (χ0v) is 20.1. The van der Waals surface area contributed by atoms with Crippen molar-refractivity contribution in [2.24, 2.45) is 0 Å².